The highest BCUT2D eigenvalue weighted by Crippen LogP contribution is 1.99. The van der Waals surface area contributed by atoms with Gasteiger partial charge in [0, 0.05) is 6.42 Å². The second kappa shape index (κ2) is 5.72. The second-order valence-electron chi connectivity index (χ2n) is 2.39. The minimum Gasteiger partial charge on any atom is -0.475 e. The van der Waals surface area contributed by atoms with Crippen molar-refractivity contribution < 1.29 is 14.7 Å². The molecule has 0 fully saturated rings. The fraction of sp³-hybridized carbons (Fsp3) is 0.111. The van der Waals surface area contributed by atoms with Gasteiger partial charge in [-0.05, 0) is 5.56 Å². The van der Waals surface area contributed by atoms with Gasteiger partial charge in [0.15, 0.2) is 0 Å². The summed E-state index contributed by atoms with van der Waals surface area (Å²) in [6.07, 6.45) is -0.0316. The Hall–Kier alpha value is -0.874. The van der Waals surface area contributed by atoms with Crippen molar-refractivity contribution >= 4 is 34.8 Å². The number of rotatable bonds is 3. The molecule has 0 amide bonds. The molecule has 3 nitrogen and oxygen atoms in total. The number of hydrogen-bond donors (Lipinski definition) is 1. The molecule has 4 heteroatoms. The fourth-order valence-corrected chi connectivity index (χ4v) is 0.857. The van der Waals surface area contributed by atoms with Crippen LogP contribution in [0.2, 0.25) is 0 Å². The molecule has 0 radical (unpaired) electrons. The third-order valence-electron chi connectivity index (χ3n) is 1.45. The molecule has 0 spiro atoms. The number of carboxylic acid groups (broad SMARTS) is 1. The van der Waals surface area contributed by atoms with Crippen molar-refractivity contribution in [2.75, 3.05) is 0 Å². The number of hydrogen-bond acceptors (Lipinski definition) is 2. The van der Waals surface area contributed by atoms with Crippen LogP contribution >= 0.6 is 0 Å². The smallest absolute Gasteiger partial charge is 0.372 e. The third kappa shape index (κ3) is 4.05. The minimum absolute atomic E-state index is 0. The third-order valence-corrected chi connectivity index (χ3v) is 1.45. The Morgan fingerprint density at radius 2 is 1.69 bits per heavy atom. The van der Waals surface area contributed by atoms with E-state index in [1.165, 1.54) is 0 Å². The quantitative estimate of drug-likeness (QED) is 0.538. The summed E-state index contributed by atoms with van der Waals surface area (Å²) in [4.78, 5) is 20.9. The van der Waals surface area contributed by atoms with Gasteiger partial charge in [-0.2, -0.15) is 0 Å². The lowest BCUT2D eigenvalue weighted by Crippen LogP contribution is -2.14. The second-order valence-corrected chi connectivity index (χ2v) is 2.39. The molecule has 1 rings (SSSR count). The first-order chi connectivity index (χ1) is 5.70. The van der Waals surface area contributed by atoms with Crippen molar-refractivity contribution in [3.63, 3.8) is 0 Å². The zero-order valence-electron chi connectivity index (χ0n) is 6.36. The lowest BCUT2D eigenvalue weighted by Gasteiger charge is -1.94. The van der Waals surface area contributed by atoms with Crippen molar-refractivity contribution in [3.05, 3.63) is 35.9 Å². The van der Waals surface area contributed by atoms with E-state index < -0.39 is 11.8 Å². The Bertz CT molecular complexity index is 295. The van der Waals surface area contributed by atoms with Crippen LogP contribution in [0, 0.1) is 0 Å². The lowest BCUT2D eigenvalue weighted by molar-refractivity contribution is -0.148. The zero-order chi connectivity index (χ0) is 8.97. The number of benzene rings is 1. The highest BCUT2D eigenvalue weighted by Gasteiger charge is 2.10. The summed E-state index contributed by atoms with van der Waals surface area (Å²) >= 11 is 0. The standard InChI is InChI=1S/C9H8O3.Mg.2H/c10-8(9(11)12)6-7-4-2-1-3-5-7;;;/h1-5H,6H2,(H,11,12);;;. The molecule has 0 saturated heterocycles. The predicted molar refractivity (Wildman–Crippen MR) is 51.3 cm³/mol. The van der Waals surface area contributed by atoms with E-state index in [-0.39, 0.29) is 29.5 Å². The number of carboxylic acids is 1. The Morgan fingerprint density at radius 1 is 1.15 bits per heavy atom. The van der Waals surface area contributed by atoms with Gasteiger partial charge in [0.1, 0.15) is 0 Å². The molecular weight excluding hydrogens is 180 g/mol. The van der Waals surface area contributed by atoms with Gasteiger partial charge < -0.3 is 5.11 Å². The SMILES string of the molecule is O=C(O)C(=O)Cc1ccccc1.[MgH2]. The molecule has 0 atom stereocenters. The van der Waals surface area contributed by atoms with E-state index in [1.54, 1.807) is 24.3 Å². The molecule has 1 aromatic carbocycles. The first-order valence-electron chi connectivity index (χ1n) is 3.50. The monoisotopic (exact) mass is 190 g/mol. The molecule has 1 aromatic rings. The summed E-state index contributed by atoms with van der Waals surface area (Å²) in [7, 11) is 0. The Labute approximate surface area is 91.9 Å². The van der Waals surface area contributed by atoms with E-state index >= 15 is 0 Å². The normalized spacial score (nSPS) is 8.62. The molecule has 13 heavy (non-hydrogen) atoms. The Kier molecular flexibility index (Phi) is 5.33. The van der Waals surface area contributed by atoms with Crippen LogP contribution in [0.4, 0.5) is 0 Å². The molecule has 0 aliphatic heterocycles. The molecule has 66 valence electrons. The van der Waals surface area contributed by atoms with Crippen LogP contribution in [0.1, 0.15) is 5.56 Å². The van der Waals surface area contributed by atoms with Gasteiger partial charge in [0.25, 0.3) is 0 Å². The van der Waals surface area contributed by atoms with Crippen LogP contribution in [0.15, 0.2) is 30.3 Å². The summed E-state index contributed by atoms with van der Waals surface area (Å²) in [5.74, 6) is -2.15. The van der Waals surface area contributed by atoms with E-state index in [9.17, 15) is 9.59 Å². The Morgan fingerprint density at radius 3 is 2.15 bits per heavy atom. The van der Waals surface area contributed by atoms with Crippen molar-refractivity contribution in [3.8, 4) is 0 Å². The molecule has 0 aromatic heterocycles. The summed E-state index contributed by atoms with van der Waals surface area (Å²) in [6.45, 7) is 0. The van der Waals surface area contributed by atoms with Crippen LogP contribution in [-0.2, 0) is 16.0 Å². The summed E-state index contributed by atoms with van der Waals surface area (Å²) in [5, 5.41) is 8.29. The van der Waals surface area contributed by atoms with Gasteiger partial charge in [-0.3, -0.25) is 4.79 Å². The number of aliphatic carboxylic acids is 1. The van der Waals surface area contributed by atoms with Crippen LogP contribution in [-0.4, -0.2) is 39.9 Å². The van der Waals surface area contributed by atoms with E-state index in [1.807, 2.05) is 6.07 Å². The maximum absolute atomic E-state index is 10.7. The molecule has 0 heterocycles. The van der Waals surface area contributed by atoms with Crippen LogP contribution in [0.3, 0.4) is 0 Å². The average Bonchev–Trinajstić information content (AvgIpc) is 2.06. The van der Waals surface area contributed by atoms with E-state index in [0.717, 1.165) is 5.56 Å². The summed E-state index contributed by atoms with van der Waals surface area (Å²) in [5.41, 5.74) is 0.727. The zero-order valence-corrected chi connectivity index (χ0v) is 6.36. The van der Waals surface area contributed by atoms with E-state index in [4.69, 9.17) is 5.11 Å². The van der Waals surface area contributed by atoms with Crippen LogP contribution in [0.25, 0.3) is 0 Å². The minimum atomic E-state index is -1.38. The molecule has 0 bridgehead atoms. The number of Topliss-reactive ketones (excluding diaryl/α,β-unsaturated/α-hetero) is 1. The first-order valence-corrected chi connectivity index (χ1v) is 3.50. The van der Waals surface area contributed by atoms with Crippen molar-refractivity contribution in [1.82, 2.24) is 0 Å². The molecular formula is C9H10MgO3. The van der Waals surface area contributed by atoms with Gasteiger partial charge in [-0.15, -0.1) is 0 Å². The number of carbonyl (C=O) groups excluding carboxylic acids is 1. The largest absolute Gasteiger partial charge is 0.475 e. The van der Waals surface area contributed by atoms with Crippen molar-refractivity contribution in [2.45, 2.75) is 6.42 Å². The van der Waals surface area contributed by atoms with Crippen LogP contribution < -0.4 is 0 Å². The van der Waals surface area contributed by atoms with Gasteiger partial charge in [-0.1, -0.05) is 30.3 Å². The van der Waals surface area contributed by atoms with Gasteiger partial charge >= 0.3 is 29.0 Å². The van der Waals surface area contributed by atoms with E-state index in [2.05, 4.69) is 0 Å². The van der Waals surface area contributed by atoms with Crippen molar-refractivity contribution in [1.29, 1.82) is 0 Å². The average molecular weight is 190 g/mol. The molecule has 0 saturated carbocycles. The summed E-state index contributed by atoms with van der Waals surface area (Å²) in [6, 6.07) is 8.80. The van der Waals surface area contributed by atoms with Crippen LogP contribution in [0.5, 0.6) is 0 Å². The highest BCUT2D eigenvalue weighted by atomic mass is 24.3. The first kappa shape index (κ1) is 12.1. The fourth-order valence-electron chi connectivity index (χ4n) is 0.857. The highest BCUT2D eigenvalue weighted by molar-refractivity contribution is 6.33. The number of ketones is 1. The lowest BCUT2D eigenvalue weighted by atomic mass is 10.1. The van der Waals surface area contributed by atoms with Crippen molar-refractivity contribution in [2.24, 2.45) is 0 Å². The van der Waals surface area contributed by atoms with E-state index in [0.29, 0.717) is 0 Å². The molecule has 0 aliphatic rings. The topological polar surface area (TPSA) is 54.4 Å². The Balaban J connectivity index is 0.00000144. The van der Waals surface area contributed by atoms with Gasteiger partial charge in [0.2, 0.25) is 5.78 Å². The number of carbonyl (C=O) groups is 2. The molecule has 1 N–H and O–H groups in total. The maximum atomic E-state index is 10.7. The van der Waals surface area contributed by atoms with Gasteiger partial charge in [0.05, 0.1) is 0 Å². The predicted octanol–water partition coefficient (Wildman–Crippen LogP) is -0.0334. The van der Waals surface area contributed by atoms with Gasteiger partial charge in [-0.25, -0.2) is 4.79 Å². The summed E-state index contributed by atoms with van der Waals surface area (Å²) < 4.78 is 0. The molecule has 0 unspecified atom stereocenters. The molecule has 0 aliphatic carbocycles. The maximum Gasteiger partial charge on any atom is 0.372 e.